The van der Waals surface area contributed by atoms with Crippen molar-refractivity contribution >= 4 is 5.78 Å². The van der Waals surface area contributed by atoms with E-state index in [1.165, 1.54) is 29.0 Å². The molecule has 0 aliphatic heterocycles. The second-order valence-electron chi connectivity index (χ2n) is 8.82. The zero-order valence-corrected chi connectivity index (χ0v) is 20.7. The highest BCUT2D eigenvalue weighted by Crippen LogP contribution is 2.29. The smallest absolute Gasteiger partial charge is 0.292 e. The molecule has 0 amide bonds. The highest BCUT2D eigenvalue weighted by Gasteiger charge is 2.40. The van der Waals surface area contributed by atoms with Gasteiger partial charge in [0.2, 0.25) is 0 Å². The molecule has 5 rings (SSSR count). The van der Waals surface area contributed by atoms with Crippen LogP contribution in [0.3, 0.4) is 0 Å². The molecule has 0 bridgehead atoms. The maximum Gasteiger partial charge on any atom is 0.454 e. The van der Waals surface area contributed by atoms with E-state index in [9.17, 15) is 22.8 Å². The van der Waals surface area contributed by atoms with Gasteiger partial charge in [-0.15, -0.1) is 5.10 Å². The maximum atomic E-state index is 13.5. The Morgan fingerprint density at radius 3 is 2.49 bits per heavy atom. The van der Waals surface area contributed by atoms with Crippen molar-refractivity contribution in [1.82, 2.24) is 34.7 Å². The number of pyridine rings is 1. The minimum absolute atomic E-state index is 0.108. The van der Waals surface area contributed by atoms with E-state index < -0.39 is 23.2 Å². The second kappa shape index (κ2) is 10.5. The first-order chi connectivity index (χ1) is 18.8. The van der Waals surface area contributed by atoms with E-state index in [1.807, 2.05) is 37.3 Å². The summed E-state index contributed by atoms with van der Waals surface area (Å²) in [6.07, 6.45) is 1.02. The molecule has 0 saturated carbocycles. The third-order valence-electron chi connectivity index (χ3n) is 6.26. The Bertz CT molecular complexity index is 1670. The lowest BCUT2D eigenvalue weighted by Gasteiger charge is -2.11. The Morgan fingerprint density at radius 2 is 1.79 bits per heavy atom. The summed E-state index contributed by atoms with van der Waals surface area (Å²) in [6.45, 7) is 2.14. The quantitative estimate of drug-likeness (QED) is 0.291. The van der Waals surface area contributed by atoms with Gasteiger partial charge in [0.1, 0.15) is 0 Å². The number of nitrogens with zero attached hydrogens (tertiary/aromatic N) is 6. The summed E-state index contributed by atoms with van der Waals surface area (Å²) in [5.74, 6) is -1.52. The number of aromatic amines is 1. The predicted octanol–water partition coefficient (Wildman–Crippen LogP) is 4.63. The van der Waals surface area contributed by atoms with E-state index in [0.29, 0.717) is 24.4 Å². The van der Waals surface area contributed by atoms with Gasteiger partial charge in [0.25, 0.3) is 5.78 Å². The molecule has 1 N–H and O–H groups in total. The SMILES string of the molecule is CCCc1cn(-c2ccccc2C(=O)C(F)(F)F)c(=O)n1Cc1ccc(-c2ccncc2-c2nnn[nH]2)cc1. The Morgan fingerprint density at radius 1 is 1.03 bits per heavy atom. The first-order valence-electron chi connectivity index (χ1n) is 12.1. The maximum absolute atomic E-state index is 13.5. The molecule has 0 aliphatic rings. The van der Waals surface area contributed by atoms with Crippen LogP contribution in [0.4, 0.5) is 13.2 Å². The average Bonchev–Trinajstić information content (AvgIpc) is 3.58. The van der Waals surface area contributed by atoms with Crippen molar-refractivity contribution in [2.24, 2.45) is 0 Å². The molecule has 0 radical (unpaired) electrons. The van der Waals surface area contributed by atoms with Crippen molar-refractivity contribution in [2.75, 3.05) is 0 Å². The lowest BCUT2D eigenvalue weighted by molar-refractivity contribution is -0.0885. The van der Waals surface area contributed by atoms with Crippen molar-refractivity contribution in [1.29, 1.82) is 0 Å². The van der Waals surface area contributed by atoms with Crippen LogP contribution in [0.5, 0.6) is 0 Å². The van der Waals surface area contributed by atoms with Gasteiger partial charge in [-0.1, -0.05) is 49.7 Å². The largest absolute Gasteiger partial charge is 0.454 e. The number of benzene rings is 2. The van der Waals surface area contributed by atoms with Gasteiger partial charge in [-0.3, -0.25) is 18.9 Å². The van der Waals surface area contributed by atoms with Gasteiger partial charge in [0, 0.05) is 29.8 Å². The molecule has 3 heterocycles. The zero-order chi connectivity index (χ0) is 27.6. The number of tetrazole rings is 1. The lowest BCUT2D eigenvalue weighted by atomic mass is 10.00. The number of nitrogens with one attached hydrogen (secondary N) is 1. The van der Waals surface area contributed by atoms with Crippen LogP contribution >= 0.6 is 0 Å². The van der Waals surface area contributed by atoms with E-state index in [2.05, 4.69) is 25.6 Å². The van der Waals surface area contributed by atoms with Crippen molar-refractivity contribution in [3.8, 4) is 28.2 Å². The highest BCUT2D eigenvalue weighted by atomic mass is 19.4. The molecule has 0 aliphatic carbocycles. The molecule has 39 heavy (non-hydrogen) atoms. The summed E-state index contributed by atoms with van der Waals surface area (Å²) in [4.78, 5) is 29.7. The number of hydrogen-bond acceptors (Lipinski definition) is 6. The van der Waals surface area contributed by atoms with E-state index in [4.69, 9.17) is 0 Å². The van der Waals surface area contributed by atoms with Crippen LogP contribution in [-0.4, -0.2) is 46.7 Å². The summed E-state index contributed by atoms with van der Waals surface area (Å²) in [6, 6.07) is 14.6. The van der Waals surface area contributed by atoms with Gasteiger partial charge in [-0.25, -0.2) is 9.89 Å². The number of carbonyl (C=O) groups is 1. The molecular weight excluding hydrogens is 511 g/mol. The summed E-state index contributed by atoms with van der Waals surface area (Å²) in [5.41, 5.74) is 2.71. The van der Waals surface area contributed by atoms with Gasteiger partial charge in [-0.2, -0.15) is 13.2 Å². The molecule has 0 unspecified atom stereocenters. The number of halogens is 3. The van der Waals surface area contributed by atoms with Gasteiger partial charge < -0.3 is 0 Å². The Balaban J connectivity index is 1.50. The summed E-state index contributed by atoms with van der Waals surface area (Å²) in [7, 11) is 0. The topological polar surface area (TPSA) is 111 Å². The van der Waals surface area contributed by atoms with E-state index in [-0.39, 0.29) is 12.2 Å². The number of aryl methyl sites for hydroxylation is 1. The minimum atomic E-state index is -5.06. The number of H-pyrrole nitrogens is 1. The fraction of sp³-hybridized carbons (Fsp3) is 0.185. The minimum Gasteiger partial charge on any atom is -0.292 e. The van der Waals surface area contributed by atoms with Crippen molar-refractivity contribution in [3.05, 3.63) is 100 Å². The fourth-order valence-corrected chi connectivity index (χ4v) is 4.43. The Labute approximate surface area is 220 Å². The molecule has 3 aromatic heterocycles. The zero-order valence-electron chi connectivity index (χ0n) is 20.7. The van der Waals surface area contributed by atoms with Crippen LogP contribution in [0.25, 0.3) is 28.2 Å². The Hall–Kier alpha value is -4.87. The number of rotatable bonds is 8. The lowest BCUT2D eigenvalue weighted by Crippen LogP contribution is -2.28. The fourth-order valence-electron chi connectivity index (χ4n) is 4.43. The van der Waals surface area contributed by atoms with E-state index in [1.54, 1.807) is 12.4 Å². The number of para-hydroxylation sites is 1. The number of Topliss-reactive ketones (excluding diaryl/α,β-unsaturated/α-hetero) is 1. The van der Waals surface area contributed by atoms with Crippen LogP contribution in [-0.2, 0) is 13.0 Å². The van der Waals surface area contributed by atoms with Crippen LogP contribution < -0.4 is 5.69 Å². The average molecular weight is 534 g/mol. The van der Waals surface area contributed by atoms with Gasteiger partial charge >= 0.3 is 11.9 Å². The standard InChI is InChI=1S/C27H22F3N7O2/c1-2-5-19-16-37(23-7-4-3-6-21(23)24(38)27(28,29)30)26(39)36(19)15-17-8-10-18(11-9-17)20-12-13-31-14-22(20)25-32-34-35-33-25/h3-4,6-14,16H,2,5,15H2,1H3,(H,32,33,34,35). The predicted molar refractivity (Wildman–Crippen MR) is 136 cm³/mol. The van der Waals surface area contributed by atoms with Gasteiger partial charge in [-0.05, 0) is 51.7 Å². The third-order valence-corrected chi connectivity index (χ3v) is 6.26. The first-order valence-corrected chi connectivity index (χ1v) is 12.1. The highest BCUT2D eigenvalue weighted by molar-refractivity contribution is 6.03. The number of carbonyl (C=O) groups excluding carboxylic acids is 1. The van der Waals surface area contributed by atoms with Crippen LogP contribution in [0, 0.1) is 0 Å². The summed E-state index contributed by atoms with van der Waals surface area (Å²) >= 11 is 0. The van der Waals surface area contributed by atoms with E-state index in [0.717, 1.165) is 32.9 Å². The molecule has 0 fully saturated rings. The van der Waals surface area contributed by atoms with Crippen LogP contribution in [0.15, 0.2) is 78.0 Å². The van der Waals surface area contributed by atoms with Crippen molar-refractivity contribution in [2.45, 2.75) is 32.5 Å². The first kappa shape index (κ1) is 25.8. The third kappa shape index (κ3) is 5.13. The number of alkyl halides is 3. The molecule has 12 heteroatoms. The van der Waals surface area contributed by atoms with Crippen molar-refractivity contribution in [3.63, 3.8) is 0 Å². The molecule has 198 valence electrons. The van der Waals surface area contributed by atoms with Gasteiger partial charge in [0.05, 0.1) is 17.8 Å². The molecule has 0 atom stereocenters. The van der Waals surface area contributed by atoms with E-state index >= 15 is 0 Å². The van der Waals surface area contributed by atoms with Gasteiger partial charge in [0.15, 0.2) is 5.82 Å². The number of imidazole rings is 1. The number of aromatic nitrogens is 7. The summed E-state index contributed by atoms with van der Waals surface area (Å²) < 4.78 is 42.3. The molecule has 2 aromatic carbocycles. The van der Waals surface area contributed by atoms with Crippen LogP contribution in [0.1, 0.15) is 35.0 Å². The number of ketones is 1. The van der Waals surface area contributed by atoms with Crippen LogP contribution in [0.2, 0.25) is 0 Å². The molecule has 0 spiro atoms. The summed E-state index contributed by atoms with van der Waals surface area (Å²) in [5, 5.41) is 13.9. The number of hydrogen-bond donors (Lipinski definition) is 1. The second-order valence-corrected chi connectivity index (χ2v) is 8.82. The normalized spacial score (nSPS) is 11.6. The monoisotopic (exact) mass is 533 g/mol. The molecule has 0 saturated heterocycles. The molecule has 5 aromatic rings. The molecular formula is C27H22F3N7O2. The Kier molecular flexibility index (Phi) is 6.92. The molecule has 9 nitrogen and oxygen atoms in total. The van der Waals surface area contributed by atoms with Crippen molar-refractivity contribution < 1.29 is 18.0 Å².